The van der Waals surface area contributed by atoms with Crippen LogP contribution < -0.4 is 0 Å². The quantitative estimate of drug-likeness (QED) is 0.835. The van der Waals surface area contributed by atoms with Gasteiger partial charge in [-0.05, 0) is 24.8 Å². The molecule has 1 aromatic heterocycles. The smallest absolute Gasteiger partial charge is 0.339 e. The Morgan fingerprint density at radius 2 is 2.25 bits per heavy atom. The number of carbonyl (C=O) groups is 1. The van der Waals surface area contributed by atoms with E-state index in [1.54, 1.807) is 0 Å². The summed E-state index contributed by atoms with van der Waals surface area (Å²) >= 11 is 0. The number of rotatable bonds is 5. The van der Waals surface area contributed by atoms with Gasteiger partial charge in [-0.3, -0.25) is 0 Å². The molecule has 0 atom stereocenters. The number of hydrogen-bond acceptors (Lipinski definition) is 3. The highest BCUT2D eigenvalue weighted by molar-refractivity contribution is 5.88. The Bertz CT molecular complexity index is 350. The number of hydrogen-bond donors (Lipinski definition) is 1. The molecular weight excluding hydrogens is 208 g/mol. The molecule has 0 amide bonds. The molecule has 2 rings (SSSR count). The Morgan fingerprint density at radius 3 is 2.94 bits per heavy atom. The Kier molecular flexibility index (Phi) is 3.62. The van der Waals surface area contributed by atoms with Gasteiger partial charge >= 0.3 is 5.97 Å². The summed E-state index contributed by atoms with van der Waals surface area (Å²) in [6.07, 6.45) is 6.41. The standard InChI is InChI=1S/C12H16O4/c13-12(14)10-5-6-16-11(10)8-15-7-9-3-1-2-4-9/h5-6,9H,1-4,7-8H2,(H,13,14). The van der Waals surface area contributed by atoms with Crippen LogP contribution in [-0.4, -0.2) is 17.7 Å². The topological polar surface area (TPSA) is 59.7 Å². The van der Waals surface area contributed by atoms with Crippen molar-refractivity contribution < 1.29 is 19.1 Å². The van der Waals surface area contributed by atoms with Crippen LogP contribution >= 0.6 is 0 Å². The van der Waals surface area contributed by atoms with Gasteiger partial charge in [-0.25, -0.2) is 4.79 Å². The third-order valence-electron chi connectivity index (χ3n) is 3.04. The average Bonchev–Trinajstić information content (AvgIpc) is 2.87. The van der Waals surface area contributed by atoms with E-state index in [0.717, 1.165) is 0 Å². The monoisotopic (exact) mass is 224 g/mol. The zero-order valence-electron chi connectivity index (χ0n) is 9.15. The number of ether oxygens (including phenoxy) is 1. The molecule has 1 aromatic rings. The molecule has 0 unspecified atom stereocenters. The van der Waals surface area contributed by atoms with Gasteiger partial charge in [0.1, 0.15) is 17.9 Å². The van der Waals surface area contributed by atoms with Gasteiger partial charge in [0.25, 0.3) is 0 Å². The zero-order chi connectivity index (χ0) is 11.4. The lowest BCUT2D eigenvalue weighted by atomic mass is 10.1. The van der Waals surface area contributed by atoms with Crippen molar-refractivity contribution in [3.05, 3.63) is 23.7 Å². The number of aromatic carboxylic acids is 1. The highest BCUT2D eigenvalue weighted by Gasteiger charge is 2.17. The van der Waals surface area contributed by atoms with E-state index in [4.69, 9.17) is 14.3 Å². The van der Waals surface area contributed by atoms with Crippen LogP contribution in [0.2, 0.25) is 0 Å². The molecule has 4 nitrogen and oxygen atoms in total. The van der Waals surface area contributed by atoms with Crippen LogP contribution in [0, 0.1) is 5.92 Å². The predicted octanol–water partition coefficient (Wildman–Crippen LogP) is 2.68. The highest BCUT2D eigenvalue weighted by Crippen LogP contribution is 2.25. The summed E-state index contributed by atoms with van der Waals surface area (Å²) in [5, 5.41) is 8.85. The van der Waals surface area contributed by atoms with Crippen LogP contribution in [0.1, 0.15) is 41.8 Å². The molecular formula is C12H16O4. The first kappa shape index (κ1) is 11.2. The van der Waals surface area contributed by atoms with Crippen LogP contribution in [0.3, 0.4) is 0 Å². The molecule has 1 aliphatic carbocycles. The van der Waals surface area contributed by atoms with Gasteiger partial charge in [0, 0.05) is 6.61 Å². The van der Waals surface area contributed by atoms with Gasteiger partial charge in [-0.1, -0.05) is 12.8 Å². The molecule has 1 saturated carbocycles. The van der Waals surface area contributed by atoms with Gasteiger partial charge in [0.05, 0.1) is 6.26 Å². The number of furan rings is 1. The molecule has 88 valence electrons. The van der Waals surface area contributed by atoms with Gasteiger partial charge in [-0.2, -0.15) is 0 Å². The van der Waals surface area contributed by atoms with Crippen LogP contribution in [0.15, 0.2) is 16.7 Å². The second-order valence-electron chi connectivity index (χ2n) is 4.23. The Morgan fingerprint density at radius 1 is 1.50 bits per heavy atom. The molecule has 16 heavy (non-hydrogen) atoms. The molecule has 0 saturated heterocycles. The molecule has 0 radical (unpaired) electrons. The fraction of sp³-hybridized carbons (Fsp3) is 0.583. The maximum absolute atomic E-state index is 10.8. The van der Waals surface area contributed by atoms with Gasteiger partial charge in [0.2, 0.25) is 0 Å². The van der Waals surface area contributed by atoms with E-state index in [0.29, 0.717) is 18.3 Å². The van der Waals surface area contributed by atoms with E-state index in [1.165, 1.54) is 38.0 Å². The van der Waals surface area contributed by atoms with Crippen molar-refractivity contribution in [2.75, 3.05) is 6.61 Å². The van der Waals surface area contributed by atoms with Gasteiger partial charge < -0.3 is 14.3 Å². The first-order chi connectivity index (χ1) is 7.77. The molecule has 4 heteroatoms. The summed E-state index contributed by atoms with van der Waals surface area (Å²) in [5.41, 5.74) is 0.200. The van der Waals surface area contributed by atoms with E-state index in [9.17, 15) is 4.79 Å². The van der Waals surface area contributed by atoms with Gasteiger partial charge in [0.15, 0.2) is 0 Å². The lowest BCUT2D eigenvalue weighted by molar-refractivity contribution is 0.0650. The summed E-state index contributed by atoms with van der Waals surface area (Å²) in [6.45, 7) is 0.963. The number of carboxylic acid groups (broad SMARTS) is 1. The maximum Gasteiger partial charge on any atom is 0.339 e. The van der Waals surface area contributed by atoms with E-state index < -0.39 is 5.97 Å². The third kappa shape index (κ3) is 2.64. The van der Waals surface area contributed by atoms with Gasteiger partial charge in [-0.15, -0.1) is 0 Å². The minimum absolute atomic E-state index is 0.200. The van der Waals surface area contributed by atoms with Crippen molar-refractivity contribution in [3.63, 3.8) is 0 Å². The molecule has 1 fully saturated rings. The lowest BCUT2D eigenvalue weighted by Gasteiger charge is -2.08. The summed E-state index contributed by atoms with van der Waals surface area (Å²) in [6, 6.07) is 1.45. The van der Waals surface area contributed by atoms with Crippen molar-refractivity contribution in [1.29, 1.82) is 0 Å². The minimum Gasteiger partial charge on any atom is -0.478 e. The normalized spacial score (nSPS) is 16.8. The highest BCUT2D eigenvalue weighted by atomic mass is 16.5. The largest absolute Gasteiger partial charge is 0.478 e. The van der Waals surface area contributed by atoms with Crippen LogP contribution in [-0.2, 0) is 11.3 Å². The fourth-order valence-corrected chi connectivity index (χ4v) is 2.14. The molecule has 0 bridgehead atoms. The second kappa shape index (κ2) is 5.16. The Labute approximate surface area is 94.2 Å². The summed E-state index contributed by atoms with van der Waals surface area (Å²) in [7, 11) is 0. The lowest BCUT2D eigenvalue weighted by Crippen LogP contribution is -2.07. The average molecular weight is 224 g/mol. The SMILES string of the molecule is O=C(O)c1ccoc1COCC1CCCC1. The summed E-state index contributed by atoms with van der Waals surface area (Å²) in [5.74, 6) is 0.0851. The fourth-order valence-electron chi connectivity index (χ4n) is 2.14. The molecule has 1 aliphatic rings. The zero-order valence-corrected chi connectivity index (χ0v) is 9.15. The van der Waals surface area contributed by atoms with E-state index in [-0.39, 0.29) is 12.2 Å². The van der Waals surface area contributed by atoms with Crippen LogP contribution in [0.5, 0.6) is 0 Å². The van der Waals surface area contributed by atoms with Crippen molar-refractivity contribution in [3.8, 4) is 0 Å². The Hall–Kier alpha value is -1.29. The summed E-state index contributed by atoms with van der Waals surface area (Å²) < 4.78 is 10.6. The number of carboxylic acids is 1. The molecule has 1 N–H and O–H groups in total. The third-order valence-corrected chi connectivity index (χ3v) is 3.04. The Balaban J connectivity index is 1.80. The van der Waals surface area contributed by atoms with E-state index >= 15 is 0 Å². The molecule has 1 heterocycles. The molecule has 0 aliphatic heterocycles. The molecule has 0 aromatic carbocycles. The minimum atomic E-state index is -0.965. The van der Waals surface area contributed by atoms with Crippen LogP contribution in [0.25, 0.3) is 0 Å². The van der Waals surface area contributed by atoms with Crippen LogP contribution in [0.4, 0.5) is 0 Å². The van der Waals surface area contributed by atoms with Crippen molar-refractivity contribution in [2.24, 2.45) is 5.92 Å². The van der Waals surface area contributed by atoms with Crippen molar-refractivity contribution in [1.82, 2.24) is 0 Å². The first-order valence-corrected chi connectivity index (χ1v) is 5.65. The van der Waals surface area contributed by atoms with E-state index in [2.05, 4.69) is 0 Å². The second-order valence-corrected chi connectivity index (χ2v) is 4.23. The molecule has 0 spiro atoms. The van der Waals surface area contributed by atoms with Crippen molar-refractivity contribution in [2.45, 2.75) is 32.3 Å². The predicted molar refractivity (Wildman–Crippen MR) is 57.3 cm³/mol. The van der Waals surface area contributed by atoms with Crippen molar-refractivity contribution >= 4 is 5.97 Å². The first-order valence-electron chi connectivity index (χ1n) is 5.65. The summed E-state index contributed by atoms with van der Waals surface area (Å²) in [4.78, 5) is 10.8. The van der Waals surface area contributed by atoms with E-state index in [1.807, 2.05) is 0 Å². The maximum atomic E-state index is 10.8.